The molecule has 16 heavy (non-hydrogen) atoms. The van der Waals surface area contributed by atoms with E-state index in [2.05, 4.69) is 5.32 Å². The molecule has 0 aromatic rings. The number of nitrogens with one attached hydrogen (secondary N) is 1. The maximum Gasteiger partial charge on any atom is 0.310 e. The van der Waals surface area contributed by atoms with Crippen molar-refractivity contribution in [2.75, 3.05) is 19.7 Å². The molecule has 2 aliphatic rings. The van der Waals surface area contributed by atoms with Crippen LogP contribution >= 0.6 is 0 Å². The van der Waals surface area contributed by atoms with Gasteiger partial charge in [-0.2, -0.15) is 0 Å². The van der Waals surface area contributed by atoms with Crippen LogP contribution in [0.4, 0.5) is 0 Å². The van der Waals surface area contributed by atoms with E-state index in [1.54, 1.807) is 0 Å². The van der Waals surface area contributed by atoms with E-state index in [9.17, 15) is 4.79 Å². The van der Waals surface area contributed by atoms with Gasteiger partial charge in [0.05, 0.1) is 12.5 Å². The molecule has 3 heteroatoms. The van der Waals surface area contributed by atoms with Crippen LogP contribution in [-0.2, 0) is 9.53 Å². The molecule has 0 radical (unpaired) electrons. The van der Waals surface area contributed by atoms with Gasteiger partial charge in [0.2, 0.25) is 0 Å². The van der Waals surface area contributed by atoms with Crippen molar-refractivity contribution >= 4 is 5.97 Å². The molecule has 3 nitrogen and oxygen atoms in total. The molecule has 2 fully saturated rings. The van der Waals surface area contributed by atoms with Crippen molar-refractivity contribution in [2.45, 2.75) is 45.4 Å². The number of rotatable bonds is 2. The third kappa shape index (κ3) is 2.24. The number of esters is 1. The van der Waals surface area contributed by atoms with E-state index >= 15 is 0 Å². The fraction of sp³-hybridized carbons (Fsp3) is 0.923. The molecule has 1 unspecified atom stereocenters. The Kier molecular flexibility index (Phi) is 3.85. The lowest BCUT2D eigenvalue weighted by molar-refractivity contribution is -0.151. The van der Waals surface area contributed by atoms with Gasteiger partial charge in [0, 0.05) is 13.1 Å². The van der Waals surface area contributed by atoms with Gasteiger partial charge in [0.25, 0.3) is 0 Å². The first kappa shape index (κ1) is 11.9. The van der Waals surface area contributed by atoms with Crippen LogP contribution in [0, 0.1) is 11.3 Å². The van der Waals surface area contributed by atoms with E-state index in [1.165, 1.54) is 38.5 Å². The molecule has 1 spiro atoms. The van der Waals surface area contributed by atoms with Crippen molar-refractivity contribution in [2.24, 2.45) is 11.3 Å². The zero-order valence-electron chi connectivity index (χ0n) is 10.3. The van der Waals surface area contributed by atoms with Gasteiger partial charge in [0.15, 0.2) is 0 Å². The summed E-state index contributed by atoms with van der Waals surface area (Å²) >= 11 is 0. The van der Waals surface area contributed by atoms with Crippen molar-refractivity contribution in [3.8, 4) is 0 Å². The Morgan fingerprint density at radius 3 is 2.62 bits per heavy atom. The Balaban J connectivity index is 2.07. The predicted octanol–water partition coefficient (Wildman–Crippen LogP) is 2.11. The molecule has 1 saturated heterocycles. The molecule has 0 aromatic carbocycles. The predicted molar refractivity (Wildman–Crippen MR) is 63.1 cm³/mol. The van der Waals surface area contributed by atoms with Gasteiger partial charge in [-0.25, -0.2) is 0 Å². The van der Waals surface area contributed by atoms with Crippen LogP contribution in [0.2, 0.25) is 0 Å². The summed E-state index contributed by atoms with van der Waals surface area (Å²) in [7, 11) is 0. The lowest BCUT2D eigenvalue weighted by Gasteiger charge is -2.32. The van der Waals surface area contributed by atoms with Crippen LogP contribution in [0.3, 0.4) is 0 Å². The summed E-state index contributed by atoms with van der Waals surface area (Å²) in [6.45, 7) is 4.22. The van der Waals surface area contributed by atoms with Gasteiger partial charge >= 0.3 is 5.97 Å². The molecule has 0 aromatic heterocycles. The van der Waals surface area contributed by atoms with E-state index in [4.69, 9.17) is 4.74 Å². The highest BCUT2D eigenvalue weighted by Gasteiger charge is 2.47. The Bertz CT molecular complexity index is 244. The summed E-state index contributed by atoms with van der Waals surface area (Å²) in [5.74, 6) is 0.125. The monoisotopic (exact) mass is 225 g/mol. The minimum absolute atomic E-state index is 0.0226. The fourth-order valence-electron chi connectivity index (χ4n) is 3.34. The van der Waals surface area contributed by atoms with Crippen molar-refractivity contribution in [1.29, 1.82) is 0 Å². The molecule has 1 atom stereocenters. The minimum atomic E-state index is 0.0226. The smallest absolute Gasteiger partial charge is 0.310 e. The zero-order chi connectivity index (χ0) is 11.4. The van der Waals surface area contributed by atoms with Crippen LogP contribution in [0.25, 0.3) is 0 Å². The maximum absolute atomic E-state index is 12.0. The van der Waals surface area contributed by atoms with E-state index in [-0.39, 0.29) is 17.3 Å². The highest BCUT2D eigenvalue weighted by atomic mass is 16.5. The van der Waals surface area contributed by atoms with Crippen LogP contribution < -0.4 is 5.32 Å². The molecule has 1 saturated carbocycles. The summed E-state index contributed by atoms with van der Waals surface area (Å²) in [6, 6.07) is 0. The number of ether oxygens (including phenoxy) is 1. The molecular formula is C13H23NO2. The molecule has 1 heterocycles. The lowest BCUT2D eigenvalue weighted by atomic mass is 9.72. The van der Waals surface area contributed by atoms with Crippen molar-refractivity contribution in [3.63, 3.8) is 0 Å². The van der Waals surface area contributed by atoms with Crippen LogP contribution in [0.15, 0.2) is 0 Å². The summed E-state index contributed by atoms with van der Waals surface area (Å²) in [5, 5.41) is 3.40. The average Bonchev–Trinajstić information content (AvgIpc) is 2.52. The number of carbonyl (C=O) groups excluding carboxylic acids is 1. The Labute approximate surface area is 97.9 Å². The van der Waals surface area contributed by atoms with Gasteiger partial charge in [-0.05, 0) is 25.2 Å². The first-order chi connectivity index (χ1) is 7.78. The summed E-state index contributed by atoms with van der Waals surface area (Å²) < 4.78 is 5.22. The van der Waals surface area contributed by atoms with E-state index in [1.807, 2.05) is 6.92 Å². The van der Waals surface area contributed by atoms with Gasteiger partial charge in [-0.3, -0.25) is 4.79 Å². The van der Waals surface area contributed by atoms with Crippen molar-refractivity contribution in [3.05, 3.63) is 0 Å². The van der Waals surface area contributed by atoms with Crippen LogP contribution in [0.1, 0.15) is 45.4 Å². The highest BCUT2D eigenvalue weighted by Crippen LogP contribution is 2.44. The highest BCUT2D eigenvalue weighted by molar-refractivity contribution is 5.74. The molecule has 1 N–H and O–H groups in total. The van der Waals surface area contributed by atoms with Crippen molar-refractivity contribution < 1.29 is 9.53 Å². The van der Waals surface area contributed by atoms with Gasteiger partial charge in [0.1, 0.15) is 0 Å². The second kappa shape index (κ2) is 5.17. The maximum atomic E-state index is 12.0. The van der Waals surface area contributed by atoms with Crippen LogP contribution in [0.5, 0.6) is 0 Å². The lowest BCUT2D eigenvalue weighted by Crippen LogP contribution is -2.35. The van der Waals surface area contributed by atoms with E-state index < -0.39 is 0 Å². The first-order valence-electron chi connectivity index (χ1n) is 6.66. The summed E-state index contributed by atoms with van der Waals surface area (Å²) in [4.78, 5) is 12.0. The SMILES string of the molecule is CCOC(=O)C1CNCC12CCCCCC2. The fourth-order valence-corrected chi connectivity index (χ4v) is 3.34. The molecule has 0 amide bonds. The van der Waals surface area contributed by atoms with Gasteiger partial charge in [-0.1, -0.05) is 25.7 Å². The average molecular weight is 225 g/mol. The van der Waals surface area contributed by atoms with E-state index in [0.717, 1.165) is 13.1 Å². The van der Waals surface area contributed by atoms with Gasteiger partial charge < -0.3 is 10.1 Å². The van der Waals surface area contributed by atoms with Gasteiger partial charge in [-0.15, -0.1) is 0 Å². The molecular weight excluding hydrogens is 202 g/mol. The largest absolute Gasteiger partial charge is 0.466 e. The Morgan fingerprint density at radius 2 is 2.00 bits per heavy atom. The summed E-state index contributed by atoms with van der Waals surface area (Å²) in [6.07, 6.45) is 7.61. The molecule has 92 valence electrons. The molecule has 1 aliphatic heterocycles. The zero-order valence-corrected chi connectivity index (χ0v) is 10.3. The van der Waals surface area contributed by atoms with Crippen molar-refractivity contribution in [1.82, 2.24) is 5.32 Å². The van der Waals surface area contributed by atoms with Crippen LogP contribution in [-0.4, -0.2) is 25.7 Å². The normalized spacial score (nSPS) is 28.9. The number of hydrogen-bond acceptors (Lipinski definition) is 3. The Hall–Kier alpha value is -0.570. The summed E-state index contributed by atoms with van der Waals surface area (Å²) in [5.41, 5.74) is 0.211. The molecule has 0 bridgehead atoms. The second-order valence-electron chi connectivity index (χ2n) is 5.21. The topological polar surface area (TPSA) is 38.3 Å². The Morgan fingerprint density at radius 1 is 1.31 bits per heavy atom. The standard InChI is InChI=1S/C13H23NO2/c1-2-16-12(15)11-9-14-10-13(11)7-5-3-4-6-8-13/h11,14H,2-10H2,1H3. The second-order valence-corrected chi connectivity index (χ2v) is 5.21. The third-order valence-electron chi connectivity index (χ3n) is 4.24. The third-order valence-corrected chi connectivity index (χ3v) is 4.24. The first-order valence-corrected chi connectivity index (χ1v) is 6.66. The molecule has 1 aliphatic carbocycles. The number of hydrogen-bond donors (Lipinski definition) is 1. The molecule has 2 rings (SSSR count). The minimum Gasteiger partial charge on any atom is -0.466 e. The quantitative estimate of drug-likeness (QED) is 0.731. The number of carbonyl (C=O) groups is 1. The van der Waals surface area contributed by atoms with E-state index in [0.29, 0.717) is 6.61 Å².